The van der Waals surface area contributed by atoms with Gasteiger partial charge in [0.2, 0.25) is 0 Å². The molecule has 0 fully saturated rings. The highest BCUT2D eigenvalue weighted by molar-refractivity contribution is 6.70. The van der Waals surface area contributed by atoms with Crippen LogP contribution >= 0.6 is 0 Å². The van der Waals surface area contributed by atoms with E-state index in [4.69, 9.17) is 5.53 Å². The van der Waals surface area contributed by atoms with E-state index in [1.165, 1.54) is 0 Å². The van der Waals surface area contributed by atoms with E-state index in [2.05, 4.69) is 9.69 Å². The second-order valence-electron chi connectivity index (χ2n) is 2.14. The van der Waals surface area contributed by atoms with E-state index in [9.17, 15) is 0 Å². The summed E-state index contributed by atoms with van der Waals surface area (Å²) in [5.74, 6) is 0. The molecule has 0 N–H and O–H groups in total. The van der Waals surface area contributed by atoms with E-state index in [-0.39, 0.29) is 0 Å². The Labute approximate surface area is 67.0 Å². The lowest BCUT2D eigenvalue weighted by Gasteiger charge is -1.99. The van der Waals surface area contributed by atoms with E-state index in [1.54, 1.807) is 0 Å². The lowest BCUT2D eigenvalue weighted by Crippen LogP contribution is -2.22. The molecule has 3 nitrogen and oxygen atoms in total. The molecule has 0 heterocycles. The Morgan fingerprint density at radius 3 is 2.55 bits per heavy atom. The van der Waals surface area contributed by atoms with Crippen LogP contribution in [0.4, 0.5) is 0 Å². The molecule has 0 amide bonds. The molecule has 1 radical (unpaired) electrons. The molecule has 1 rings (SSSR count). The summed E-state index contributed by atoms with van der Waals surface area (Å²) in [5.41, 5.74) is 8.18. The Kier molecular flexibility index (Phi) is 2.71. The Morgan fingerprint density at radius 2 is 2.00 bits per heavy atom. The average molecular weight is 162 g/mol. The molecule has 0 aliphatic carbocycles. The topological polar surface area (TPSA) is 48.8 Å². The van der Waals surface area contributed by atoms with Crippen LogP contribution in [0.3, 0.4) is 0 Å². The second kappa shape index (κ2) is 3.80. The van der Waals surface area contributed by atoms with E-state index in [0.29, 0.717) is 0 Å². The van der Waals surface area contributed by atoms with Crippen molar-refractivity contribution in [3.05, 3.63) is 40.8 Å². The van der Waals surface area contributed by atoms with Crippen LogP contribution in [0.1, 0.15) is 0 Å². The fraction of sp³-hybridized carbons (Fsp3) is 0.143. The lowest BCUT2D eigenvalue weighted by atomic mass is 10.4. The second-order valence-corrected chi connectivity index (χ2v) is 4.09. The Bertz CT molecular complexity index is 266. The molecule has 0 saturated carbocycles. The third-order valence-electron chi connectivity index (χ3n) is 1.39. The molecule has 1 aromatic carbocycles. The lowest BCUT2D eigenvalue weighted by molar-refractivity contribution is 1.64. The molecular weight excluding hydrogens is 154 g/mol. The van der Waals surface area contributed by atoms with Gasteiger partial charge in [-0.2, -0.15) is 0 Å². The molecule has 0 spiro atoms. The standard InChI is InChI=1S/C7H8N3Si/c1-11(10-9-8)7-5-3-2-4-6-7/h2-6H,1H3. The minimum Gasteiger partial charge on any atom is -0.121 e. The summed E-state index contributed by atoms with van der Waals surface area (Å²) in [4.78, 5) is 2.78. The molecule has 0 aromatic heterocycles. The fourth-order valence-electron chi connectivity index (χ4n) is 0.804. The first-order valence-electron chi connectivity index (χ1n) is 3.28. The van der Waals surface area contributed by atoms with Crippen LogP contribution in [-0.2, 0) is 0 Å². The Hall–Kier alpha value is -1.25. The SMILES string of the molecule is C[Si](N=[N+]=[N-])c1ccccc1. The first-order valence-corrected chi connectivity index (χ1v) is 5.23. The summed E-state index contributed by atoms with van der Waals surface area (Å²) in [5, 5.41) is 1.15. The zero-order chi connectivity index (χ0) is 8.10. The monoisotopic (exact) mass is 162 g/mol. The highest BCUT2D eigenvalue weighted by Crippen LogP contribution is 1.89. The smallest absolute Gasteiger partial charge is 0.121 e. The summed E-state index contributed by atoms with van der Waals surface area (Å²) in [6.45, 7) is 1.97. The first kappa shape index (κ1) is 7.85. The van der Waals surface area contributed by atoms with Crippen LogP contribution in [0.25, 0.3) is 10.4 Å². The van der Waals surface area contributed by atoms with Gasteiger partial charge < -0.3 is 0 Å². The van der Waals surface area contributed by atoms with E-state index in [1.807, 2.05) is 36.9 Å². The molecule has 1 aromatic rings. The largest absolute Gasteiger partial charge is 0.188 e. The number of rotatable bonds is 2. The maximum absolute atomic E-state index is 8.18. The average Bonchev–Trinajstić information content (AvgIpc) is 2.07. The molecule has 55 valence electrons. The molecule has 11 heavy (non-hydrogen) atoms. The van der Waals surface area contributed by atoms with Crippen LogP contribution in [0.2, 0.25) is 6.55 Å². The van der Waals surface area contributed by atoms with Crippen LogP contribution in [0.15, 0.2) is 35.1 Å². The molecule has 0 unspecified atom stereocenters. The maximum Gasteiger partial charge on any atom is 0.188 e. The van der Waals surface area contributed by atoms with Crippen LogP contribution in [0, 0.1) is 0 Å². The minimum absolute atomic E-state index is 1.01. The third kappa shape index (κ3) is 2.11. The molecule has 0 aliphatic heterocycles. The van der Waals surface area contributed by atoms with Gasteiger partial charge in [0, 0.05) is 0 Å². The van der Waals surface area contributed by atoms with E-state index < -0.39 is 8.96 Å². The van der Waals surface area contributed by atoms with Crippen molar-refractivity contribution in [3.8, 4) is 0 Å². The maximum atomic E-state index is 8.18. The normalized spacial score (nSPS) is 9.27. The van der Waals surface area contributed by atoms with Crippen LogP contribution < -0.4 is 5.19 Å². The van der Waals surface area contributed by atoms with Gasteiger partial charge in [-0.05, 0) is 10.4 Å². The van der Waals surface area contributed by atoms with Gasteiger partial charge in [-0.25, -0.2) is 0 Å². The van der Waals surface area contributed by atoms with Gasteiger partial charge in [-0.3, -0.25) is 0 Å². The number of hydrogen-bond acceptors (Lipinski definition) is 1. The predicted octanol–water partition coefficient (Wildman–Crippen LogP) is 1.83. The minimum atomic E-state index is -1.01. The third-order valence-corrected chi connectivity index (χ3v) is 2.94. The molecule has 4 heteroatoms. The number of hydrogen-bond donors (Lipinski definition) is 0. The number of nitrogens with zero attached hydrogens (tertiary/aromatic N) is 3. The fourth-order valence-corrected chi connectivity index (χ4v) is 1.73. The van der Waals surface area contributed by atoms with Gasteiger partial charge in [-0.1, -0.05) is 42.1 Å². The molecule has 0 atom stereocenters. The van der Waals surface area contributed by atoms with Crippen molar-refractivity contribution in [1.82, 2.24) is 0 Å². The zero-order valence-electron chi connectivity index (χ0n) is 6.23. The van der Waals surface area contributed by atoms with Crippen LogP contribution in [0.5, 0.6) is 0 Å². The van der Waals surface area contributed by atoms with Crippen molar-refractivity contribution in [3.63, 3.8) is 0 Å². The van der Waals surface area contributed by atoms with Gasteiger partial charge in [0.05, 0.1) is 0 Å². The predicted molar refractivity (Wildman–Crippen MR) is 46.8 cm³/mol. The molecular formula is C7H8N3Si. The zero-order valence-corrected chi connectivity index (χ0v) is 7.23. The summed E-state index contributed by atoms with van der Waals surface area (Å²) in [6.07, 6.45) is 0. The quantitative estimate of drug-likeness (QED) is 0.276. The molecule has 0 aliphatic rings. The first-order chi connectivity index (χ1) is 5.34. The summed E-state index contributed by atoms with van der Waals surface area (Å²) < 4.78 is 3.68. The number of azide groups is 1. The highest BCUT2D eigenvalue weighted by atomic mass is 28.3. The van der Waals surface area contributed by atoms with Crippen molar-refractivity contribution in [1.29, 1.82) is 0 Å². The van der Waals surface area contributed by atoms with Crippen molar-refractivity contribution in [2.24, 2.45) is 4.78 Å². The Balaban J connectivity index is 2.84. The molecule has 0 bridgehead atoms. The molecule has 0 saturated heterocycles. The van der Waals surface area contributed by atoms with Crippen molar-refractivity contribution in [2.45, 2.75) is 6.55 Å². The van der Waals surface area contributed by atoms with Crippen LogP contribution in [-0.4, -0.2) is 8.96 Å². The van der Waals surface area contributed by atoms with E-state index in [0.717, 1.165) is 5.19 Å². The summed E-state index contributed by atoms with van der Waals surface area (Å²) in [7, 11) is -1.01. The van der Waals surface area contributed by atoms with Gasteiger partial charge in [-0.15, -0.1) is 4.78 Å². The summed E-state index contributed by atoms with van der Waals surface area (Å²) >= 11 is 0. The van der Waals surface area contributed by atoms with Gasteiger partial charge >= 0.3 is 0 Å². The van der Waals surface area contributed by atoms with Crippen molar-refractivity contribution < 1.29 is 0 Å². The van der Waals surface area contributed by atoms with Crippen molar-refractivity contribution >= 4 is 14.1 Å². The van der Waals surface area contributed by atoms with Gasteiger partial charge in [0.25, 0.3) is 0 Å². The van der Waals surface area contributed by atoms with E-state index >= 15 is 0 Å². The van der Waals surface area contributed by atoms with Gasteiger partial charge in [0.15, 0.2) is 8.96 Å². The summed E-state index contributed by atoms with van der Waals surface area (Å²) in [6, 6.07) is 9.84. The highest BCUT2D eigenvalue weighted by Gasteiger charge is 2.02. The van der Waals surface area contributed by atoms with Crippen molar-refractivity contribution in [2.75, 3.05) is 0 Å². The number of benzene rings is 1. The Morgan fingerprint density at radius 1 is 1.36 bits per heavy atom. The van der Waals surface area contributed by atoms with Gasteiger partial charge in [0.1, 0.15) is 0 Å².